The first kappa shape index (κ1) is 21.2. The monoisotopic (exact) mass is 535 g/mol. The normalized spacial score (nSPS) is 9.81. The van der Waals surface area contributed by atoms with E-state index in [1.54, 1.807) is 36.4 Å². The Kier molecular flexibility index (Phi) is 8.37. The van der Waals surface area contributed by atoms with Crippen LogP contribution >= 0.6 is 47.2 Å². The molecule has 0 saturated heterocycles. The summed E-state index contributed by atoms with van der Waals surface area (Å²) in [4.78, 5) is 12.3. The zero-order chi connectivity index (χ0) is 17.6. The minimum absolute atomic E-state index is 0. The molecule has 0 aliphatic carbocycles. The fourth-order valence-corrected chi connectivity index (χ4v) is 5.29. The molecule has 6 nitrogen and oxygen atoms in total. The van der Waals surface area contributed by atoms with E-state index in [2.05, 4.69) is 15.0 Å². The Balaban J connectivity index is 0.00000243. The predicted octanol–water partition coefficient (Wildman–Crippen LogP) is 4.78. The molecule has 0 aliphatic heterocycles. The third kappa shape index (κ3) is 6.55. The van der Waals surface area contributed by atoms with Crippen molar-refractivity contribution in [3.8, 4) is 17.6 Å². The number of rotatable bonds is 6. The van der Waals surface area contributed by atoms with Crippen LogP contribution in [0, 0.1) is 0 Å². The average molecular weight is 537 g/mol. The van der Waals surface area contributed by atoms with Gasteiger partial charge in [-0.15, -0.1) is 12.4 Å². The molecule has 0 spiro atoms. The zero-order valence-corrected chi connectivity index (χ0v) is 19.3. The van der Waals surface area contributed by atoms with Gasteiger partial charge in [-0.3, -0.25) is 0 Å². The topological polar surface area (TPSA) is 66.4 Å². The van der Waals surface area contributed by atoms with Gasteiger partial charge in [-0.05, 0) is 0 Å². The molecule has 0 fully saturated rings. The first-order chi connectivity index (χ1) is 12.1. The van der Waals surface area contributed by atoms with Crippen molar-refractivity contribution in [1.29, 1.82) is 0 Å². The summed E-state index contributed by atoms with van der Waals surface area (Å²) in [7, 11) is 0. The van der Waals surface area contributed by atoms with Crippen LogP contribution in [0.3, 0.4) is 0 Å². The van der Waals surface area contributed by atoms with Crippen LogP contribution in [-0.2, 0) is 0 Å². The molecule has 0 aliphatic rings. The fourth-order valence-electron chi connectivity index (χ4n) is 1.66. The van der Waals surface area contributed by atoms with E-state index in [4.69, 9.17) is 43.4 Å². The number of halogens is 4. The number of aromatic nitrogens is 3. The molecule has 3 aromatic rings. The van der Waals surface area contributed by atoms with Crippen LogP contribution in [0.25, 0.3) is 0 Å². The van der Waals surface area contributed by atoms with Gasteiger partial charge in [-0.1, -0.05) is 0 Å². The van der Waals surface area contributed by atoms with E-state index in [9.17, 15) is 0 Å². The third-order valence-electron chi connectivity index (χ3n) is 2.75. The molecule has 3 aromatic heterocycles. The minimum atomic E-state index is -3.59. The summed E-state index contributed by atoms with van der Waals surface area (Å²) >= 11 is 13.9. The Hall–Kier alpha value is -1.12. The van der Waals surface area contributed by atoms with E-state index in [1.165, 1.54) is 18.6 Å². The van der Waals surface area contributed by atoms with Crippen molar-refractivity contribution in [3.05, 3.63) is 70.1 Å². The van der Waals surface area contributed by atoms with Crippen LogP contribution in [0.5, 0.6) is 17.6 Å². The van der Waals surface area contributed by atoms with Crippen molar-refractivity contribution in [2.45, 2.75) is 0 Å². The molecule has 0 atom stereocenters. The molecule has 0 amide bonds. The van der Waals surface area contributed by atoms with Crippen molar-refractivity contribution in [2.75, 3.05) is 0 Å². The second kappa shape index (κ2) is 10.3. The maximum atomic E-state index is 5.83. The number of pyridine rings is 3. The Labute approximate surface area is 180 Å². The van der Waals surface area contributed by atoms with Crippen LogP contribution in [0.4, 0.5) is 0 Å². The van der Waals surface area contributed by atoms with Crippen molar-refractivity contribution >= 4 is 70.0 Å². The molecule has 0 radical (unpaired) electrons. The predicted molar refractivity (Wildman–Crippen MR) is 103 cm³/mol. The van der Waals surface area contributed by atoms with Crippen molar-refractivity contribution in [3.63, 3.8) is 0 Å². The van der Waals surface area contributed by atoms with Crippen LogP contribution in [0.1, 0.15) is 0 Å². The summed E-state index contributed by atoms with van der Waals surface area (Å²) in [5.74, 6) is 1.02. The summed E-state index contributed by atoms with van der Waals surface area (Å²) in [6, 6.07) is 9.87. The Morgan fingerprint density at radius 2 is 0.885 bits per heavy atom. The molecule has 0 bridgehead atoms. The Bertz CT molecular complexity index is 710. The molecule has 134 valence electrons. The molecule has 3 rings (SSSR count). The van der Waals surface area contributed by atoms with E-state index in [0.29, 0.717) is 32.7 Å². The summed E-state index contributed by atoms with van der Waals surface area (Å²) in [6.07, 6.45) is 4.42. The van der Waals surface area contributed by atoms with Gasteiger partial charge in [0.15, 0.2) is 0 Å². The van der Waals surface area contributed by atoms with Crippen molar-refractivity contribution < 1.29 is 8.56 Å². The van der Waals surface area contributed by atoms with Gasteiger partial charge in [0.05, 0.1) is 0 Å². The first-order valence-corrected chi connectivity index (χ1v) is 12.1. The molecule has 26 heavy (non-hydrogen) atoms. The second-order valence-corrected chi connectivity index (χ2v) is 9.56. The van der Waals surface area contributed by atoms with E-state index < -0.39 is 22.7 Å². The van der Waals surface area contributed by atoms with E-state index in [0.717, 1.165) is 0 Å². The number of hydrogen-bond donors (Lipinski definition) is 0. The number of nitrogens with zero attached hydrogens (tertiary/aromatic N) is 3. The zero-order valence-electron chi connectivity index (χ0n) is 12.9. The first-order valence-electron chi connectivity index (χ1n) is 6.93. The third-order valence-corrected chi connectivity index (χ3v) is 7.14. The summed E-state index contributed by atoms with van der Waals surface area (Å²) in [5.41, 5.74) is 0. The van der Waals surface area contributed by atoms with E-state index in [-0.39, 0.29) is 12.4 Å². The number of hydrogen-bond acceptors (Lipinski definition) is 6. The fraction of sp³-hybridized carbons (Fsp3) is 0. The molecule has 0 unspecified atom stereocenters. The van der Waals surface area contributed by atoms with Crippen LogP contribution in [0.15, 0.2) is 55.0 Å². The summed E-state index contributed by atoms with van der Waals surface area (Å²) in [6.45, 7) is 0. The Morgan fingerprint density at radius 1 is 0.577 bits per heavy atom. The van der Waals surface area contributed by atoms with Gasteiger partial charge in [0.1, 0.15) is 0 Å². The van der Waals surface area contributed by atoms with Gasteiger partial charge in [0.2, 0.25) is 0 Å². The molecule has 0 saturated carbocycles. The molecule has 0 aromatic carbocycles. The van der Waals surface area contributed by atoms with Crippen molar-refractivity contribution in [2.24, 2.45) is 0 Å². The second-order valence-electron chi connectivity index (χ2n) is 4.59. The van der Waals surface area contributed by atoms with E-state index in [1.807, 2.05) is 0 Å². The molecular weight excluding hydrogens is 527 g/mol. The van der Waals surface area contributed by atoms with Crippen LogP contribution < -0.4 is 8.56 Å². The molecule has 0 N–H and O–H groups in total. The van der Waals surface area contributed by atoms with Crippen LogP contribution in [0.2, 0.25) is 15.1 Å². The molecule has 3 heterocycles. The van der Waals surface area contributed by atoms with Gasteiger partial charge >= 0.3 is 169 Å². The van der Waals surface area contributed by atoms with Gasteiger partial charge in [0, 0.05) is 0 Å². The van der Waals surface area contributed by atoms with Gasteiger partial charge in [0.25, 0.3) is 0 Å². The van der Waals surface area contributed by atoms with Crippen molar-refractivity contribution in [1.82, 2.24) is 15.0 Å². The Morgan fingerprint density at radius 3 is 1.12 bits per heavy atom. The van der Waals surface area contributed by atoms with Crippen LogP contribution in [-0.4, -0.2) is 37.7 Å². The maximum absolute atomic E-state index is 5.83. The standard InChI is InChI=1S/3C5H4ClNO.ClH.In/c3*6-4-1-2-5(8)7-3-4;;/h3*1-3H,(H,7,8);1H;/q;;;;+3/p-3. The summed E-state index contributed by atoms with van der Waals surface area (Å²) in [5, 5.41) is 1.50. The summed E-state index contributed by atoms with van der Waals surface area (Å²) < 4.78 is 17.4. The quantitative estimate of drug-likeness (QED) is 0.452. The SMILES string of the molecule is Cl.Clc1ccc([O][In]([O]c2ccc(Cl)cn2)[O]c2ccc(Cl)cn2)nc1. The molecule has 11 heteroatoms. The molecular formula is C15H10Cl4InN3O3. The van der Waals surface area contributed by atoms with Gasteiger partial charge in [-0.25, -0.2) is 0 Å². The average Bonchev–Trinajstić information content (AvgIpc) is 2.61. The van der Waals surface area contributed by atoms with Gasteiger partial charge in [-0.2, -0.15) is 0 Å². The van der Waals surface area contributed by atoms with Gasteiger partial charge < -0.3 is 0 Å². The van der Waals surface area contributed by atoms with E-state index >= 15 is 0 Å².